The van der Waals surface area contributed by atoms with Gasteiger partial charge in [-0.25, -0.2) is 0 Å². The average molecular weight is 242 g/mol. The van der Waals surface area contributed by atoms with Crippen molar-refractivity contribution in [2.24, 2.45) is 11.8 Å². The molecule has 1 aliphatic carbocycles. The largest absolute Gasteiger partial charge is 0.396 e. The molecule has 2 N–H and O–H groups in total. The lowest BCUT2D eigenvalue weighted by molar-refractivity contribution is 0.199. The van der Waals surface area contributed by atoms with Gasteiger partial charge in [-0.15, -0.1) is 10.2 Å². The Labute approximate surface area is 100 Å². The second-order valence-corrected chi connectivity index (χ2v) is 4.64. The minimum Gasteiger partial charge on any atom is -0.396 e. The third-order valence-corrected chi connectivity index (χ3v) is 3.43. The van der Waals surface area contributed by atoms with Gasteiger partial charge in [-0.05, 0) is 36.8 Å². The fourth-order valence-corrected chi connectivity index (χ4v) is 2.37. The van der Waals surface area contributed by atoms with Crippen molar-refractivity contribution in [3.05, 3.63) is 17.3 Å². The van der Waals surface area contributed by atoms with Crippen LogP contribution in [0.25, 0.3) is 0 Å². The minimum absolute atomic E-state index is 0.290. The summed E-state index contributed by atoms with van der Waals surface area (Å²) in [6.45, 7) is 1.14. The fraction of sp³-hybridized carbons (Fsp3) is 0.636. The van der Waals surface area contributed by atoms with Crippen LogP contribution in [0.2, 0.25) is 5.15 Å². The number of aromatic nitrogens is 2. The summed E-state index contributed by atoms with van der Waals surface area (Å²) in [6.07, 6.45) is 3.53. The topological polar surface area (TPSA) is 58.0 Å². The highest BCUT2D eigenvalue weighted by atomic mass is 35.5. The summed E-state index contributed by atoms with van der Waals surface area (Å²) in [5.74, 6) is 1.73. The second-order valence-electron chi connectivity index (χ2n) is 4.26. The fourth-order valence-electron chi connectivity index (χ4n) is 2.27. The molecule has 4 nitrogen and oxygen atoms in total. The van der Waals surface area contributed by atoms with Crippen molar-refractivity contribution in [3.8, 4) is 0 Å². The van der Waals surface area contributed by atoms with E-state index in [4.69, 9.17) is 11.6 Å². The Morgan fingerprint density at radius 1 is 1.31 bits per heavy atom. The number of hydrogen-bond acceptors (Lipinski definition) is 4. The molecular formula is C11H16ClN3O. The zero-order chi connectivity index (χ0) is 11.4. The molecule has 16 heavy (non-hydrogen) atoms. The Morgan fingerprint density at radius 2 is 2.12 bits per heavy atom. The van der Waals surface area contributed by atoms with Crippen LogP contribution in [0.3, 0.4) is 0 Å². The van der Waals surface area contributed by atoms with Crippen LogP contribution >= 0.6 is 11.6 Å². The molecule has 1 saturated carbocycles. The molecule has 0 amide bonds. The third-order valence-electron chi connectivity index (χ3n) is 3.23. The maximum absolute atomic E-state index is 9.20. The van der Waals surface area contributed by atoms with Gasteiger partial charge in [-0.2, -0.15) is 0 Å². The summed E-state index contributed by atoms with van der Waals surface area (Å²) in [5, 5.41) is 20.5. The van der Waals surface area contributed by atoms with Crippen molar-refractivity contribution < 1.29 is 5.11 Å². The Morgan fingerprint density at radius 3 is 2.81 bits per heavy atom. The van der Waals surface area contributed by atoms with Gasteiger partial charge in [0.25, 0.3) is 0 Å². The normalized spacial score (nSPS) is 24.6. The minimum atomic E-state index is 0.290. The van der Waals surface area contributed by atoms with E-state index in [9.17, 15) is 5.11 Å². The molecule has 1 fully saturated rings. The van der Waals surface area contributed by atoms with Crippen LogP contribution in [0.1, 0.15) is 19.3 Å². The van der Waals surface area contributed by atoms with Crippen molar-refractivity contribution in [1.82, 2.24) is 10.2 Å². The Bertz CT molecular complexity index is 331. The van der Waals surface area contributed by atoms with E-state index in [1.807, 2.05) is 6.07 Å². The van der Waals surface area contributed by atoms with Gasteiger partial charge in [0.2, 0.25) is 0 Å². The van der Waals surface area contributed by atoms with E-state index in [1.54, 1.807) is 6.07 Å². The van der Waals surface area contributed by atoms with Crippen molar-refractivity contribution in [2.75, 3.05) is 18.5 Å². The molecule has 2 unspecified atom stereocenters. The van der Waals surface area contributed by atoms with Gasteiger partial charge in [-0.1, -0.05) is 18.0 Å². The first-order chi connectivity index (χ1) is 7.79. The molecule has 0 spiro atoms. The molecule has 0 saturated heterocycles. The van der Waals surface area contributed by atoms with Crippen LogP contribution in [-0.2, 0) is 0 Å². The summed E-state index contributed by atoms with van der Waals surface area (Å²) in [6, 6.07) is 3.54. The average Bonchev–Trinajstić information content (AvgIpc) is 2.76. The number of anilines is 1. The molecule has 1 aromatic rings. The maximum Gasteiger partial charge on any atom is 0.151 e. The molecular weight excluding hydrogens is 226 g/mol. The standard InChI is InChI=1S/C11H16ClN3O/c12-10-4-5-11(15-14-10)13-6-8-2-1-3-9(8)7-16/h4-5,8-9,16H,1-3,6-7H2,(H,13,15). The van der Waals surface area contributed by atoms with Crippen LogP contribution in [0.15, 0.2) is 12.1 Å². The van der Waals surface area contributed by atoms with Crippen LogP contribution in [0, 0.1) is 11.8 Å². The third kappa shape index (κ3) is 2.83. The molecule has 0 bridgehead atoms. The molecule has 2 atom stereocenters. The van der Waals surface area contributed by atoms with Gasteiger partial charge in [0.05, 0.1) is 0 Å². The predicted molar refractivity (Wildman–Crippen MR) is 63.4 cm³/mol. The number of hydrogen-bond donors (Lipinski definition) is 2. The maximum atomic E-state index is 9.20. The SMILES string of the molecule is OCC1CCCC1CNc1ccc(Cl)nn1. The molecule has 0 radical (unpaired) electrons. The van der Waals surface area contributed by atoms with E-state index in [0.29, 0.717) is 23.6 Å². The van der Waals surface area contributed by atoms with Gasteiger partial charge in [-0.3, -0.25) is 0 Å². The molecule has 0 aliphatic heterocycles. The number of aliphatic hydroxyl groups excluding tert-OH is 1. The van der Waals surface area contributed by atoms with E-state index in [0.717, 1.165) is 18.8 Å². The van der Waals surface area contributed by atoms with Gasteiger partial charge in [0, 0.05) is 13.2 Å². The second kappa shape index (κ2) is 5.46. The first-order valence-corrected chi connectivity index (χ1v) is 6.01. The van der Waals surface area contributed by atoms with Crippen molar-refractivity contribution in [1.29, 1.82) is 0 Å². The molecule has 1 aromatic heterocycles. The predicted octanol–water partition coefficient (Wildman–Crippen LogP) is 1.95. The molecule has 1 aliphatic rings. The summed E-state index contributed by atoms with van der Waals surface area (Å²) < 4.78 is 0. The van der Waals surface area contributed by atoms with E-state index in [-0.39, 0.29) is 0 Å². The van der Waals surface area contributed by atoms with E-state index < -0.39 is 0 Å². The zero-order valence-corrected chi connectivity index (χ0v) is 9.82. The summed E-state index contributed by atoms with van der Waals surface area (Å²) in [4.78, 5) is 0. The first kappa shape index (κ1) is 11.6. The van der Waals surface area contributed by atoms with E-state index in [1.165, 1.54) is 12.8 Å². The monoisotopic (exact) mass is 241 g/mol. The Kier molecular flexibility index (Phi) is 3.96. The molecule has 5 heteroatoms. The van der Waals surface area contributed by atoms with Gasteiger partial charge in [0.15, 0.2) is 5.15 Å². The molecule has 1 heterocycles. The van der Waals surface area contributed by atoms with E-state index >= 15 is 0 Å². The van der Waals surface area contributed by atoms with Crippen molar-refractivity contribution >= 4 is 17.4 Å². The van der Waals surface area contributed by atoms with Crippen LogP contribution in [0.4, 0.5) is 5.82 Å². The lowest BCUT2D eigenvalue weighted by Gasteiger charge is -2.17. The lowest BCUT2D eigenvalue weighted by atomic mass is 9.97. The van der Waals surface area contributed by atoms with Gasteiger partial charge >= 0.3 is 0 Å². The van der Waals surface area contributed by atoms with Crippen molar-refractivity contribution in [2.45, 2.75) is 19.3 Å². The smallest absolute Gasteiger partial charge is 0.151 e. The van der Waals surface area contributed by atoms with Crippen LogP contribution < -0.4 is 5.32 Å². The van der Waals surface area contributed by atoms with Crippen molar-refractivity contribution in [3.63, 3.8) is 0 Å². The number of nitrogens with one attached hydrogen (secondary N) is 1. The first-order valence-electron chi connectivity index (χ1n) is 5.63. The number of halogens is 1. The molecule has 88 valence electrons. The number of nitrogens with zero attached hydrogens (tertiary/aromatic N) is 2. The summed E-state index contributed by atoms with van der Waals surface area (Å²) >= 11 is 5.65. The van der Waals surface area contributed by atoms with Crippen LogP contribution in [-0.4, -0.2) is 28.5 Å². The summed E-state index contributed by atoms with van der Waals surface area (Å²) in [7, 11) is 0. The van der Waals surface area contributed by atoms with Crippen LogP contribution in [0.5, 0.6) is 0 Å². The summed E-state index contributed by atoms with van der Waals surface area (Å²) in [5.41, 5.74) is 0. The zero-order valence-electron chi connectivity index (χ0n) is 9.06. The number of aliphatic hydroxyl groups is 1. The highest BCUT2D eigenvalue weighted by Crippen LogP contribution is 2.31. The quantitative estimate of drug-likeness (QED) is 0.846. The Hall–Kier alpha value is -0.870. The highest BCUT2D eigenvalue weighted by Gasteiger charge is 2.26. The highest BCUT2D eigenvalue weighted by molar-refractivity contribution is 6.29. The van der Waals surface area contributed by atoms with Gasteiger partial charge in [0.1, 0.15) is 5.82 Å². The molecule has 2 rings (SSSR count). The Balaban J connectivity index is 1.85. The molecule has 0 aromatic carbocycles. The van der Waals surface area contributed by atoms with E-state index in [2.05, 4.69) is 15.5 Å². The number of rotatable bonds is 4. The van der Waals surface area contributed by atoms with Gasteiger partial charge < -0.3 is 10.4 Å². The lowest BCUT2D eigenvalue weighted by Crippen LogP contribution is -2.21.